The SMILES string of the molecule is CCC1CCN(C(=O)C2CC(O)CN2)CC1.Cl. The molecule has 2 heterocycles. The topological polar surface area (TPSA) is 52.6 Å². The van der Waals surface area contributed by atoms with Crippen molar-refractivity contribution in [3.8, 4) is 0 Å². The van der Waals surface area contributed by atoms with Crippen LogP contribution in [0.4, 0.5) is 0 Å². The molecule has 100 valence electrons. The number of hydrogen-bond donors (Lipinski definition) is 2. The minimum atomic E-state index is -0.345. The lowest BCUT2D eigenvalue weighted by molar-refractivity contribution is -0.134. The number of carbonyl (C=O) groups is 1. The van der Waals surface area contributed by atoms with E-state index in [2.05, 4.69) is 12.2 Å². The highest BCUT2D eigenvalue weighted by atomic mass is 35.5. The summed E-state index contributed by atoms with van der Waals surface area (Å²) in [4.78, 5) is 14.1. The summed E-state index contributed by atoms with van der Waals surface area (Å²) >= 11 is 0. The molecule has 0 radical (unpaired) electrons. The Balaban J connectivity index is 0.00000144. The first-order chi connectivity index (χ1) is 7.70. The molecule has 0 spiro atoms. The molecule has 17 heavy (non-hydrogen) atoms. The van der Waals surface area contributed by atoms with Crippen molar-refractivity contribution in [2.45, 2.75) is 44.8 Å². The molecule has 0 aromatic rings. The van der Waals surface area contributed by atoms with Crippen LogP contribution in [0.25, 0.3) is 0 Å². The van der Waals surface area contributed by atoms with E-state index in [1.807, 2.05) is 4.90 Å². The zero-order valence-corrected chi connectivity index (χ0v) is 11.2. The average Bonchev–Trinajstić information content (AvgIpc) is 2.75. The quantitative estimate of drug-likeness (QED) is 0.773. The maximum atomic E-state index is 12.1. The molecule has 2 rings (SSSR count). The van der Waals surface area contributed by atoms with Crippen LogP contribution in [-0.2, 0) is 4.79 Å². The van der Waals surface area contributed by atoms with Crippen molar-refractivity contribution in [3.63, 3.8) is 0 Å². The van der Waals surface area contributed by atoms with E-state index in [1.54, 1.807) is 0 Å². The number of carbonyl (C=O) groups excluding carboxylic acids is 1. The molecule has 1 amide bonds. The monoisotopic (exact) mass is 262 g/mol. The summed E-state index contributed by atoms with van der Waals surface area (Å²) < 4.78 is 0. The molecule has 2 unspecified atom stereocenters. The number of halogens is 1. The standard InChI is InChI=1S/C12H22N2O2.ClH/c1-2-9-3-5-14(6-4-9)12(16)11-7-10(15)8-13-11;/h9-11,13,15H,2-8H2,1H3;1H. The second-order valence-corrected chi connectivity index (χ2v) is 5.03. The van der Waals surface area contributed by atoms with Crippen molar-refractivity contribution in [1.29, 1.82) is 0 Å². The van der Waals surface area contributed by atoms with Crippen LogP contribution >= 0.6 is 12.4 Å². The van der Waals surface area contributed by atoms with E-state index in [0.717, 1.165) is 31.8 Å². The molecule has 2 saturated heterocycles. The largest absolute Gasteiger partial charge is 0.392 e. The molecule has 2 fully saturated rings. The molecule has 4 nitrogen and oxygen atoms in total. The normalized spacial score (nSPS) is 30.1. The Morgan fingerprint density at radius 3 is 2.53 bits per heavy atom. The number of aliphatic hydroxyl groups is 1. The molecular weight excluding hydrogens is 240 g/mol. The van der Waals surface area contributed by atoms with Crippen molar-refractivity contribution < 1.29 is 9.90 Å². The first kappa shape index (κ1) is 14.7. The highest BCUT2D eigenvalue weighted by molar-refractivity contribution is 5.85. The third-order valence-corrected chi connectivity index (χ3v) is 3.91. The van der Waals surface area contributed by atoms with Crippen LogP contribution in [0.2, 0.25) is 0 Å². The fourth-order valence-corrected chi connectivity index (χ4v) is 2.69. The first-order valence-electron chi connectivity index (χ1n) is 6.41. The maximum absolute atomic E-state index is 12.1. The fourth-order valence-electron chi connectivity index (χ4n) is 2.69. The zero-order chi connectivity index (χ0) is 11.5. The van der Waals surface area contributed by atoms with Gasteiger partial charge in [-0.3, -0.25) is 4.79 Å². The summed E-state index contributed by atoms with van der Waals surface area (Å²) in [6.07, 6.45) is 3.73. The summed E-state index contributed by atoms with van der Waals surface area (Å²) in [5.41, 5.74) is 0. The number of β-amino-alcohol motifs (C(OH)–C–C–N with tert-alkyl or cyclic N) is 1. The van der Waals surface area contributed by atoms with E-state index in [4.69, 9.17) is 0 Å². The predicted molar refractivity (Wildman–Crippen MR) is 69.3 cm³/mol. The van der Waals surface area contributed by atoms with Crippen LogP contribution in [0.15, 0.2) is 0 Å². The fraction of sp³-hybridized carbons (Fsp3) is 0.917. The molecule has 0 aromatic heterocycles. The predicted octanol–water partition coefficient (Wildman–Crippen LogP) is 0.780. The van der Waals surface area contributed by atoms with Gasteiger partial charge in [0.2, 0.25) is 5.91 Å². The van der Waals surface area contributed by atoms with Gasteiger partial charge in [-0.25, -0.2) is 0 Å². The zero-order valence-electron chi connectivity index (χ0n) is 10.4. The lowest BCUT2D eigenvalue weighted by Crippen LogP contribution is -2.46. The van der Waals surface area contributed by atoms with Crippen molar-refractivity contribution in [1.82, 2.24) is 10.2 Å². The third kappa shape index (κ3) is 3.57. The molecule has 2 aliphatic heterocycles. The van der Waals surface area contributed by atoms with Crippen molar-refractivity contribution in [3.05, 3.63) is 0 Å². The summed E-state index contributed by atoms with van der Waals surface area (Å²) in [7, 11) is 0. The Morgan fingerprint density at radius 2 is 2.06 bits per heavy atom. The van der Waals surface area contributed by atoms with Gasteiger partial charge in [-0.15, -0.1) is 12.4 Å². The van der Waals surface area contributed by atoms with E-state index < -0.39 is 0 Å². The van der Waals surface area contributed by atoms with Gasteiger partial charge < -0.3 is 15.3 Å². The second-order valence-electron chi connectivity index (χ2n) is 5.03. The maximum Gasteiger partial charge on any atom is 0.239 e. The van der Waals surface area contributed by atoms with E-state index in [0.29, 0.717) is 13.0 Å². The summed E-state index contributed by atoms with van der Waals surface area (Å²) in [5, 5.41) is 12.5. The van der Waals surface area contributed by atoms with Crippen LogP contribution in [0.3, 0.4) is 0 Å². The minimum absolute atomic E-state index is 0. The summed E-state index contributed by atoms with van der Waals surface area (Å²) in [6.45, 7) is 4.57. The minimum Gasteiger partial charge on any atom is -0.392 e. The Bertz CT molecular complexity index is 255. The van der Waals surface area contributed by atoms with Gasteiger partial charge >= 0.3 is 0 Å². The van der Waals surface area contributed by atoms with Crippen LogP contribution in [-0.4, -0.2) is 47.7 Å². The van der Waals surface area contributed by atoms with Crippen LogP contribution in [0.5, 0.6) is 0 Å². The lowest BCUT2D eigenvalue weighted by atomic mass is 9.94. The highest BCUT2D eigenvalue weighted by Gasteiger charge is 2.32. The van der Waals surface area contributed by atoms with Crippen molar-refractivity contribution in [2.24, 2.45) is 5.92 Å². The van der Waals surface area contributed by atoms with Gasteiger partial charge in [0.25, 0.3) is 0 Å². The van der Waals surface area contributed by atoms with Crippen LogP contribution < -0.4 is 5.32 Å². The van der Waals surface area contributed by atoms with E-state index >= 15 is 0 Å². The van der Waals surface area contributed by atoms with Gasteiger partial charge in [-0.2, -0.15) is 0 Å². The summed E-state index contributed by atoms with van der Waals surface area (Å²) in [5.74, 6) is 0.984. The van der Waals surface area contributed by atoms with Crippen LogP contribution in [0.1, 0.15) is 32.6 Å². The molecule has 2 atom stereocenters. The molecule has 0 aromatic carbocycles. The van der Waals surface area contributed by atoms with E-state index in [9.17, 15) is 9.90 Å². The Hall–Kier alpha value is -0.320. The molecule has 2 aliphatic rings. The van der Waals surface area contributed by atoms with Gasteiger partial charge in [-0.1, -0.05) is 13.3 Å². The van der Waals surface area contributed by atoms with Gasteiger partial charge in [-0.05, 0) is 25.2 Å². The Labute approximate surface area is 109 Å². The first-order valence-corrected chi connectivity index (χ1v) is 6.41. The number of nitrogens with zero attached hydrogens (tertiary/aromatic N) is 1. The molecule has 0 bridgehead atoms. The number of likely N-dealkylation sites (tertiary alicyclic amines) is 1. The number of piperidine rings is 1. The number of aliphatic hydroxyl groups excluding tert-OH is 1. The second kappa shape index (κ2) is 6.57. The third-order valence-electron chi connectivity index (χ3n) is 3.91. The number of rotatable bonds is 2. The molecule has 2 N–H and O–H groups in total. The van der Waals surface area contributed by atoms with E-state index in [-0.39, 0.29) is 30.5 Å². The lowest BCUT2D eigenvalue weighted by Gasteiger charge is -2.33. The number of nitrogens with one attached hydrogen (secondary N) is 1. The number of hydrogen-bond acceptors (Lipinski definition) is 3. The molecular formula is C12H23ClN2O2. The molecule has 0 saturated carbocycles. The van der Waals surface area contributed by atoms with Gasteiger partial charge in [0.1, 0.15) is 0 Å². The van der Waals surface area contributed by atoms with Gasteiger partial charge in [0, 0.05) is 19.6 Å². The Kier molecular flexibility index (Phi) is 5.70. The van der Waals surface area contributed by atoms with Gasteiger partial charge in [0.05, 0.1) is 12.1 Å². The molecule has 5 heteroatoms. The summed E-state index contributed by atoms with van der Waals surface area (Å²) in [6, 6.07) is -0.145. The average molecular weight is 263 g/mol. The Morgan fingerprint density at radius 1 is 1.41 bits per heavy atom. The highest BCUT2D eigenvalue weighted by Crippen LogP contribution is 2.21. The number of amides is 1. The van der Waals surface area contributed by atoms with E-state index in [1.165, 1.54) is 6.42 Å². The van der Waals surface area contributed by atoms with Crippen LogP contribution in [0, 0.1) is 5.92 Å². The van der Waals surface area contributed by atoms with Crippen molar-refractivity contribution >= 4 is 18.3 Å². The molecule has 0 aliphatic carbocycles. The van der Waals surface area contributed by atoms with Crippen molar-refractivity contribution in [2.75, 3.05) is 19.6 Å². The van der Waals surface area contributed by atoms with Gasteiger partial charge in [0.15, 0.2) is 0 Å². The smallest absolute Gasteiger partial charge is 0.239 e.